The SMILES string of the molecule is O=C(/C=C\c1ccc2c(c1)OCO2)Nc1c2c(nn1CC(=O)NCc1ccco1)CSC2. The number of amides is 2. The van der Waals surface area contributed by atoms with E-state index in [1.807, 2.05) is 12.1 Å². The summed E-state index contributed by atoms with van der Waals surface area (Å²) in [6.07, 6.45) is 4.70. The number of hydrogen-bond acceptors (Lipinski definition) is 7. The van der Waals surface area contributed by atoms with E-state index in [9.17, 15) is 9.59 Å². The van der Waals surface area contributed by atoms with E-state index in [4.69, 9.17) is 13.9 Å². The zero-order chi connectivity index (χ0) is 21.9. The topological polar surface area (TPSA) is 108 Å². The van der Waals surface area contributed by atoms with Gasteiger partial charge >= 0.3 is 0 Å². The number of fused-ring (bicyclic) bond motifs is 2. The molecule has 0 saturated carbocycles. The van der Waals surface area contributed by atoms with Crippen molar-refractivity contribution in [2.75, 3.05) is 12.1 Å². The van der Waals surface area contributed by atoms with E-state index in [1.165, 1.54) is 6.08 Å². The van der Waals surface area contributed by atoms with Crippen LogP contribution in [0.1, 0.15) is 22.6 Å². The maximum atomic E-state index is 12.6. The molecule has 0 unspecified atom stereocenters. The highest BCUT2D eigenvalue weighted by Gasteiger charge is 2.24. The van der Waals surface area contributed by atoms with Crippen molar-refractivity contribution in [3.8, 4) is 11.5 Å². The average molecular weight is 452 g/mol. The molecule has 10 heteroatoms. The highest BCUT2D eigenvalue weighted by Crippen LogP contribution is 2.35. The maximum absolute atomic E-state index is 12.6. The van der Waals surface area contributed by atoms with Crippen LogP contribution >= 0.6 is 11.8 Å². The van der Waals surface area contributed by atoms with Gasteiger partial charge in [-0.3, -0.25) is 9.59 Å². The molecule has 32 heavy (non-hydrogen) atoms. The standard InChI is InChI=1S/C22H20N4O5S/c27-20(6-4-14-3-5-18-19(8-14)31-13-30-18)24-22-16-11-32-12-17(16)25-26(22)10-21(28)23-9-15-2-1-7-29-15/h1-8H,9-13H2,(H,23,28)(H,24,27)/b6-4-. The van der Waals surface area contributed by atoms with Gasteiger partial charge in [0.15, 0.2) is 11.5 Å². The zero-order valence-electron chi connectivity index (χ0n) is 17.0. The molecule has 9 nitrogen and oxygen atoms in total. The number of ether oxygens (including phenoxy) is 2. The molecule has 0 fully saturated rings. The van der Waals surface area contributed by atoms with Gasteiger partial charge in [0.1, 0.15) is 18.1 Å². The van der Waals surface area contributed by atoms with Crippen LogP contribution in [0.4, 0.5) is 5.82 Å². The molecule has 0 saturated heterocycles. The van der Waals surface area contributed by atoms with Gasteiger partial charge in [-0.25, -0.2) is 4.68 Å². The lowest BCUT2D eigenvalue weighted by molar-refractivity contribution is -0.122. The summed E-state index contributed by atoms with van der Waals surface area (Å²) in [6.45, 7) is 0.494. The smallest absolute Gasteiger partial charge is 0.249 e. The monoisotopic (exact) mass is 452 g/mol. The fraction of sp³-hybridized carbons (Fsp3) is 0.227. The van der Waals surface area contributed by atoms with Crippen LogP contribution in [0.15, 0.2) is 47.1 Å². The Balaban J connectivity index is 1.26. The largest absolute Gasteiger partial charge is 0.467 e. The quantitative estimate of drug-likeness (QED) is 0.531. The Morgan fingerprint density at radius 2 is 2.09 bits per heavy atom. The maximum Gasteiger partial charge on any atom is 0.249 e. The molecular weight excluding hydrogens is 432 g/mol. The van der Waals surface area contributed by atoms with Crippen molar-refractivity contribution >= 4 is 35.5 Å². The molecule has 2 N–H and O–H groups in total. The Bertz CT molecular complexity index is 1190. The molecule has 0 atom stereocenters. The van der Waals surface area contributed by atoms with Gasteiger partial charge in [0.2, 0.25) is 18.6 Å². The number of thioether (sulfide) groups is 1. The first-order chi connectivity index (χ1) is 15.7. The summed E-state index contributed by atoms with van der Waals surface area (Å²) in [5.74, 6) is 3.53. The lowest BCUT2D eigenvalue weighted by Gasteiger charge is -2.10. The number of rotatable bonds is 7. The molecule has 0 radical (unpaired) electrons. The van der Waals surface area contributed by atoms with Crippen molar-refractivity contribution < 1.29 is 23.5 Å². The second kappa shape index (κ2) is 8.83. The molecule has 2 aromatic heterocycles. The number of hydrogen-bond donors (Lipinski definition) is 2. The van der Waals surface area contributed by atoms with Crippen LogP contribution in [-0.4, -0.2) is 28.4 Å². The molecule has 0 aliphatic carbocycles. The lowest BCUT2D eigenvalue weighted by atomic mass is 10.2. The number of furan rings is 1. The van der Waals surface area contributed by atoms with Crippen molar-refractivity contribution in [2.45, 2.75) is 24.6 Å². The Kier molecular flexibility index (Phi) is 5.59. The van der Waals surface area contributed by atoms with Gasteiger partial charge in [-0.2, -0.15) is 16.9 Å². The average Bonchev–Trinajstić information content (AvgIpc) is 3.57. The van der Waals surface area contributed by atoms with E-state index in [0.29, 0.717) is 29.6 Å². The minimum atomic E-state index is -0.306. The van der Waals surface area contributed by atoms with Crippen LogP contribution in [-0.2, 0) is 34.2 Å². The number of nitrogens with zero attached hydrogens (tertiary/aromatic N) is 2. The van der Waals surface area contributed by atoms with Crippen LogP contribution in [0.5, 0.6) is 11.5 Å². The Labute approximate surface area is 187 Å². The van der Waals surface area contributed by atoms with Crippen LogP contribution in [0, 0.1) is 0 Å². The van der Waals surface area contributed by atoms with Crippen molar-refractivity contribution in [3.05, 3.63) is 65.3 Å². The fourth-order valence-electron chi connectivity index (χ4n) is 3.46. The summed E-state index contributed by atoms with van der Waals surface area (Å²) in [6, 6.07) is 9.02. The van der Waals surface area contributed by atoms with E-state index in [2.05, 4.69) is 15.7 Å². The number of carbonyl (C=O) groups excluding carboxylic acids is 2. The van der Waals surface area contributed by atoms with E-state index in [-0.39, 0.29) is 25.2 Å². The summed E-state index contributed by atoms with van der Waals surface area (Å²) >= 11 is 1.72. The molecule has 1 aromatic carbocycles. The minimum Gasteiger partial charge on any atom is -0.467 e. The molecule has 5 rings (SSSR count). The van der Waals surface area contributed by atoms with Crippen molar-refractivity contribution in [1.29, 1.82) is 0 Å². The van der Waals surface area contributed by atoms with E-state index in [1.54, 1.807) is 47.0 Å². The van der Waals surface area contributed by atoms with Gasteiger partial charge < -0.3 is 24.5 Å². The molecule has 164 valence electrons. The zero-order valence-corrected chi connectivity index (χ0v) is 17.8. The number of nitrogens with one attached hydrogen (secondary N) is 2. The molecule has 2 amide bonds. The summed E-state index contributed by atoms with van der Waals surface area (Å²) in [4.78, 5) is 25.0. The van der Waals surface area contributed by atoms with Crippen molar-refractivity contribution in [1.82, 2.24) is 15.1 Å². The van der Waals surface area contributed by atoms with Gasteiger partial charge in [0, 0.05) is 23.1 Å². The number of aromatic nitrogens is 2. The summed E-state index contributed by atoms with van der Waals surface area (Å²) in [5.41, 5.74) is 2.67. The van der Waals surface area contributed by atoms with E-state index in [0.717, 1.165) is 28.3 Å². The van der Waals surface area contributed by atoms with Gasteiger partial charge in [-0.05, 0) is 35.9 Å². The van der Waals surface area contributed by atoms with Crippen LogP contribution in [0.25, 0.3) is 6.08 Å². The molecule has 2 aliphatic rings. The molecule has 0 bridgehead atoms. The first-order valence-corrected chi connectivity index (χ1v) is 11.2. The number of anilines is 1. The van der Waals surface area contributed by atoms with E-state index < -0.39 is 0 Å². The molecule has 0 spiro atoms. The molecule has 3 aromatic rings. The predicted molar refractivity (Wildman–Crippen MR) is 118 cm³/mol. The summed E-state index contributed by atoms with van der Waals surface area (Å²) in [7, 11) is 0. The summed E-state index contributed by atoms with van der Waals surface area (Å²) in [5, 5.41) is 10.2. The van der Waals surface area contributed by atoms with Crippen LogP contribution < -0.4 is 20.1 Å². The van der Waals surface area contributed by atoms with Gasteiger partial charge in [0.25, 0.3) is 0 Å². The van der Waals surface area contributed by atoms with E-state index >= 15 is 0 Å². The Hall–Kier alpha value is -3.66. The van der Waals surface area contributed by atoms with Crippen molar-refractivity contribution in [2.24, 2.45) is 0 Å². The summed E-state index contributed by atoms with van der Waals surface area (Å²) < 4.78 is 17.4. The van der Waals surface area contributed by atoms with Crippen molar-refractivity contribution in [3.63, 3.8) is 0 Å². The van der Waals surface area contributed by atoms with Crippen LogP contribution in [0.3, 0.4) is 0 Å². The lowest BCUT2D eigenvalue weighted by Crippen LogP contribution is -2.28. The number of carbonyl (C=O) groups is 2. The fourth-order valence-corrected chi connectivity index (χ4v) is 4.49. The van der Waals surface area contributed by atoms with Gasteiger partial charge in [-0.1, -0.05) is 6.07 Å². The second-order valence-corrected chi connectivity index (χ2v) is 8.20. The Morgan fingerprint density at radius 3 is 2.97 bits per heavy atom. The predicted octanol–water partition coefficient (Wildman–Crippen LogP) is 2.92. The highest BCUT2D eigenvalue weighted by atomic mass is 32.2. The second-order valence-electron chi connectivity index (χ2n) is 7.22. The third-order valence-electron chi connectivity index (χ3n) is 5.02. The molecular formula is C22H20N4O5S. The molecule has 4 heterocycles. The van der Waals surface area contributed by atoms with Crippen LogP contribution in [0.2, 0.25) is 0 Å². The minimum absolute atomic E-state index is 0.000135. The number of benzene rings is 1. The van der Waals surface area contributed by atoms with Gasteiger partial charge in [0.05, 0.1) is 18.5 Å². The third-order valence-corrected chi connectivity index (χ3v) is 5.99. The molecule has 2 aliphatic heterocycles. The Morgan fingerprint density at radius 1 is 1.19 bits per heavy atom. The third kappa shape index (κ3) is 4.35. The van der Waals surface area contributed by atoms with Gasteiger partial charge in [-0.15, -0.1) is 0 Å². The normalized spacial score (nSPS) is 14.0. The first kappa shape index (κ1) is 20.3. The highest BCUT2D eigenvalue weighted by molar-refractivity contribution is 7.98. The first-order valence-electron chi connectivity index (χ1n) is 10.00.